The topological polar surface area (TPSA) is 86.5 Å². The van der Waals surface area contributed by atoms with Crippen LogP contribution < -0.4 is 10.3 Å². The van der Waals surface area contributed by atoms with Crippen LogP contribution in [0.2, 0.25) is 0 Å². The number of nitrogens with zero attached hydrogens (tertiary/aromatic N) is 3. The largest absolute Gasteiger partial charge is 0.497 e. The Bertz CT molecular complexity index is 893. The third kappa shape index (κ3) is 4.20. The summed E-state index contributed by atoms with van der Waals surface area (Å²) in [5.41, 5.74) is 1.23. The van der Waals surface area contributed by atoms with Crippen LogP contribution in [0, 0.1) is 0 Å². The third-order valence-corrected chi connectivity index (χ3v) is 3.75. The molecule has 1 aromatic heterocycles. The molecule has 0 spiro atoms. The maximum Gasteiger partial charge on any atom is 0.277 e. The first-order chi connectivity index (χ1) is 12.2. The smallest absolute Gasteiger partial charge is 0.277 e. The lowest BCUT2D eigenvalue weighted by atomic mass is 10.2. The van der Waals surface area contributed by atoms with Crippen molar-refractivity contribution >= 4 is 10.9 Å². The quantitative estimate of drug-likeness (QED) is 0.699. The zero-order valence-electron chi connectivity index (χ0n) is 13.8. The summed E-state index contributed by atoms with van der Waals surface area (Å²) in [5.74, 6) is 0.776. The number of hydrogen-bond acceptors (Lipinski definition) is 6. The number of aromatic nitrogens is 3. The average molecular weight is 341 g/mol. The van der Waals surface area contributed by atoms with Crippen LogP contribution in [0.4, 0.5) is 0 Å². The molecule has 2 aromatic carbocycles. The van der Waals surface area contributed by atoms with Crippen LogP contribution in [0.3, 0.4) is 0 Å². The van der Waals surface area contributed by atoms with E-state index in [0.29, 0.717) is 17.5 Å². The zero-order valence-corrected chi connectivity index (χ0v) is 13.8. The molecule has 0 amide bonds. The van der Waals surface area contributed by atoms with E-state index in [4.69, 9.17) is 9.47 Å². The van der Waals surface area contributed by atoms with Gasteiger partial charge in [0.05, 0.1) is 38.4 Å². The van der Waals surface area contributed by atoms with Crippen molar-refractivity contribution < 1.29 is 14.6 Å². The Balaban J connectivity index is 1.56. The van der Waals surface area contributed by atoms with Crippen LogP contribution in [-0.4, -0.2) is 39.9 Å². The molecular formula is C18H19N3O4. The lowest BCUT2D eigenvalue weighted by molar-refractivity contribution is 0.0177. The fourth-order valence-electron chi connectivity index (χ4n) is 2.43. The van der Waals surface area contributed by atoms with Gasteiger partial charge in [-0.05, 0) is 29.8 Å². The normalized spacial score (nSPS) is 12.2. The molecule has 0 fully saturated rings. The molecule has 0 unspecified atom stereocenters. The Hall–Kier alpha value is -2.77. The van der Waals surface area contributed by atoms with Crippen molar-refractivity contribution in [3.63, 3.8) is 0 Å². The molecule has 1 heterocycles. The summed E-state index contributed by atoms with van der Waals surface area (Å²) >= 11 is 0. The minimum Gasteiger partial charge on any atom is -0.497 e. The van der Waals surface area contributed by atoms with E-state index in [1.165, 1.54) is 0 Å². The Kier molecular flexibility index (Phi) is 5.37. The fraction of sp³-hybridized carbons (Fsp3) is 0.278. The van der Waals surface area contributed by atoms with Gasteiger partial charge in [-0.15, -0.1) is 5.10 Å². The summed E-state index contributed by atoms with van der Waals surface area (Å²) in [6.45, 7) is 0.478. The molecule has 0 aliphatic heterocycles. The molecule has 1 atom stereocenters. The Labute approximate surface area is 144 Å². The number of methoxy groups -OCH3 is 1. The molecular weight excluding hydrogens is 322 g/mol. The van der Waals surface area contributed by atoms with Gasteiger partial charge in [0.15, 0.2) is 0 Å². The monoisotopic (exact) mass is 341 g/mol. The van der Waals surface area contributed by atoms with Gasteiger partial charge < -0.3 is 14.6 Å². The van der Waals surface area contributed by atoms with Gasteiger partial charge in [-0.25, -0.2) is 4.68 Å². The highest BCUT2D eigenvalue weighted by molar-refractivity contribution is 5.76. The van der Waals surface area contributed by atoms with Crippen molar-refractivity contribution in [2.75, 3.05) is 13.7 Å². The van der Waals surface area contributed by atoms with E-state index in [0.717, 1.165) is 16.0 Å². The molecule has 0 bridgehead atoms. The Morgan fingerprint density at radius 3 is 2.68 bits per heavy atom. The molecule has 25 heavy (non-hydrogen) atoms. The molecule has 0 aliphatic carbocycles. The number of rotatable bonds is 7. The number of fused-ring (bicyclic) bond motifs is 1. The lowest BCUT2D eigenvalue weighted by Crippen LogP contribution is -2.31. The summed E-state index contributed by atoms with van der Waals surface area (Å²) in [6.07, 6.45) is -0.855. The van der Waals surface area contributed by atoms with E-state index in [-0.39, 0.29) is 18.7 Å². The van der Waals surface area contributed by atoms with Crippen molar-refractivity contribution in [3.05, 3.63) is 64.4 Å². The van der Waals surface area contributed by atoms with Crippen molar-refractivity contribution in [1.82, 2.24) is 15.0 Å². The number of aliphatic hydroxyl groups excluding tert-OH is 1. The first kappa shape index (κ1) is 17.1. The molecule has 0 radical (unpaired) electrons. The minimum absolute atomic E-state index is 0.0271. The van der Waals surface area contributed by atoms with E-state index in [9.17, 15) is 9.90 Å². The van der Waals surface area contributed by atoms with Crippen LogP contribution in [0.25, 0.3) is 10.9 Å². The predicted octanol–water partition coefficient (Wildman–Crippen LogP) is 1.38. The van der Waals surface area contributed by atoms with Crippen molar-refractivity contribution in [3.8, 4) is 5.75 Å². The molecule has 1 N–H and O–H groups in total. The highest BCUT2D eigenvalue weighted by Gasteiger charge is 2.11. The fourth-order valence-corrected chi connectivity index (χ4v) is 2.43. The zero-order chi connectivity index (χ0) is 17.6. The van der Waals surface area contributed by atoms with Crippen LogP contribution >= 0.6 is 0 Å². The average Bonchev–Trinajstić information content (AvgIpc) is 2.65. The van der Waals surface area contributed by atoms with Gasteiger partial charge in [0.2, 0.25) is 0 Å². The number of aliphatic hydroxyl groups is 1. The van der Waals surface area contributed by atoms with Gasteiger partial charge in [0.25, 0.3) is 5.56 Å². The number of ether oxygens (including phenoxy) is 2. The molecule has 3 rings (SSSR count). The lowest BCUT2D eigenvalue weighted by Gasteiger charge is -2.12. The molecule has 7 nitrogen and oxygen atoms in total. The van der Waals surface area contributed by atoms with Crippen LogP contribution in [-0.2, 0) is 17.9 Å². The van der Waals surface area contributed by atoms with Gasteiger partial charge in [0, 0.05) is 0 Å². The van der Waals surface area contributed by atoms with E-state index in [1.54, 1.807) is 31.4 Å². The van der Waals surface area contributed by atoms with Gasteiger partial charge in [-0.2, -0.15) is 0 Å². The second-order valence-corrected chi connectivity index (χ2v) is 5.61. The van der Waals surface area contributed by atoms with Crippen molar-refractivity contribution in [2.24, 2.45) is 0 Å². The number of benzene rings is 2. The SMILES string of the molecule is COc1ccc(COC[C@@H](O)Cn2nnc3ccccc3c2=O)cc1. The molecule has 130 valence electrons. The van der Waals surface area contributed by atoms with Crippen LogP contribution in [0.15, 0.2) is 53.3 Å². The predicted molar refractivity (Wildman–Crippen MR) is 92.5 cm³/mol. The van der Waals surface area contributed by atoms with E-state index in [2.05, 4.69) is 10.3 Å². The highest BCUT2D eigenvalue weighted by atomic mass is 16.5. The summed E-state index contributed by atoms with van der Waals surface area (Å²) in [6, 6.07) is 14.5. The maximum atomic E-state index is 12.3. The summed E-state index contributed by atoms with van der Waals surface area (Å²) in [4.78, 5) is 12.3. The second kappa shape index (κ2) is 7.87. The molecule has 7 heteroatoms. The standard InChI is InChI=1S/C18H19N3O4/c1-24-15-8-6-13(7-9-15)11-25-12-14(22)10-21-18(23)16-4-2-3-5-17(16)19-20-21/h2-9,14,22H,10-12H2,1H3/t14-/m0/s1. The molecule has 0 saturated heterocycles. The third-order valence-electron chi connectivity index (χ3n) is 3.75. The molecule has 3 aromatic rings. The van der Waals surface area contributed by atoms with E-state index >= 15 is 0 Å². The maximum absolute atomic E-state index is 12.3. The van der Waals surface area contributed by atoms with Gasteiger partial charge >= 0.3 is 0 Å². The summed E-state index contributed by atoms with van der Waals surface area (Å²) < 4.78 is 11.8. The van der Waals surface area contributed by atoms with E-state index in [1.807, 2.05) is 24.3 Å². The molecule has 0 saturated carbocycles. The summed E-state index contributed by atoms with van der Waals surface area (Å²) in [7, 11) is 1.61. The Morgan fingerprint density at radius 2 is 1.92 bits per heavy atom. The Morgan fingerprint density at radius 1 is 1.16 bits per heavy atom. The number of hydrogen-bond donors (Lipinski definition) is 1. The van der Waals surface area contributed by atoms with Crippen molar-refractivity contribution in [2.45, 2.75) is 19.3 Å². The van der Waals surface area contributed by atoms with E-state index < -0.39 is 6.10 Å². The van der Waals surface area contributed by atoms with Gasteiger partial charge in [0.1, 0.15) is 11.3 Å². The first-order valence-electron chi connectivity index (χ1n) is 7.88. The second-order valence-electron chi connectivity index (χ2n) is 5.61. The summed E-state index contributed by atoms with van der Waals surface area (Å²) in [5, 5.41) is 18.4. The van der Waals surface area contributed by atoms with Crippen LogP contribution in [0.1, 0.15) is 5.56 Å². The van der Waals surface area contributed by atoms with Crippen molar-refractivity contribution in [1.29, 1.82) is 0 Å². The molecule has 0 aliphatic rings. The minimum atomic E-state index is -0.855. The van der Waals surface area contributed by atoms with Gasteiger partial charge in [-0.3, -0.25) is 4.79 Å². The van der Waals surface area contributed by atoms with Crippen LogP contribution in [0.5, 0.6) is 5.75 Å². The first-order valence-corrected chi connectivity index (χ1v) is 7.88. The van der Waals surface area contributed by atoms with Gasteiger partial charge in [-0.1, -0.05) is 29.5 Å². The highest BCUT2D eigenvalue weighted by Crippen LogP contribution is 2.12.